The van der Waals surface area contributed by atoms with Crippen molar-refractivity contribution >= 4 is 12.7 Å². The zero-order chi connectivity index (χ0) is 12.3. The van der Waals surface area contributed by atoms with Gasteiger partial charge in [-0.05, 0) is 17.6 Å². The summed E-state index contributed by atoms with van der Waals surface area (Å²) in [6.45, 7) is 0. The summed E-state index contributed by atoms with van der Waals surface area (Å²) in [7, 11) is -1.69. The summed E-state index contributed by atoms with van der Waals surface area (Å²) in [6, 6.07) is 11.4. The molecule has 0 fully saturated rings. The van der Waals surface area contributed by atoms with Crippen LogP contribution in [-0.4, -0.2) is 17.2 Å². The molecule has 0 saturated carbocycles. The predicted molar refractivity (Wildman–Crippen MR) is 66.7 cm³/mol. The summed E-state index contributed by atoms with van der Waals surface area (Å²) >= 11 is 0. The lowest BCUT2D eigenvalue weighted by Gasteiger charge is -2.29. The molecule has 1 aromatic rings. The molecule has 2 rings (SSSR count). The van der Waals surface area contributed by atoms with E-state index >= 15 is 0 Å². The molecule has 2 N–H and O–H groups in total. The molecule has 0 radical (unpaired) electrons. The minimum Gasteiger partial charge on any atom is -0.426 e. The van der Waals surface area contributed by atoms with Crippen LogP contribution in [0.5, 0.6) is 0 Å². The Morgan fingerprint density at radius 3 is 2.53 bits per heavy atom. The maximum Gasteiger partial charge on any atom is 0.478 e. The maximum atomic E-state index is 9.52. The molecule has 1 aliphatic carbocycles. The van der Waals surface area contributed by atoms with Gasteiger partial charge in [-0.15, -0.1) is 0 Å². The summed E-state index contributed by atoms with van der Waals surface area (Å²) in [5.41, 5.74) is 1.49. The van der Waals surface area contributed by atoms with E-state index in [1.165, 1.54) is 0 Å². The number of nitriles is 1. The third-order valence-electron chi connectivity index (χ3n) is 3.04. The van der Waals surface area contributed by atoms with E-state index in [1.807, 2.05) is 42.5 Å². The normalized spacial score (nSPS) is 22.8. The van der Waals surface area contributed by atoms with E-state index in [0.29, 0.717) is 12.0 Å². The molecule has 0 aliphatic heterocycles. The number of allylic oxidation sites excluding steroid dienone is 4. The first-order chi connectivity index (χ1) is 8.20. The van der Waals surface area contributed by atoms with Gasteiger partial charge in [-0.3, -0.25) is 0 Å². The maximum absolute atomic E-state index is 9.52. The van der Waals surface area contributed by atoms with Crippen molar-refractivity contribution in [2.75, 3.05) is 0 Å². The first kappa shape index (κ1) is 11.7. The molecule has 0 saturated heterocycles. The van der Waals surface area contributed by atoms with Gasteiger partial charge in [0.1, 0.15) is 5.31 Å². The second kappa shape index (κ2) is 4.58. The fourth-order valence-corrected chi connectivity index (χ4v) is 2.06. The fraction of sp³-hybridized carbons (Fsp3) is 0.154. The van der Waals surface area contributed by atoms with Crippen LogP contribution in [0.1, 0.15) is 12.0 Å². The topological polar surface area (TPSA) is 64.2 Å². The monoisotopic (exact) mass is 225 g/mol. The second-order valence-electron chi connectivity index (χ2n) is 4.04. The van der Waals surface area contributed by atoms with Crippen LogP contribution in [0, 0.1) is 11.3 Å². The van der Waals surface area contributed by atoms with E-state index in [-0.39, 0.29) is 0 Å². The van der Waals surface area contributed by atoms with Crippen molar-refractivity contribution in [2.24, 2.45) is 0 Å². The Labute approximate surface area is 100 Å². The molecule has 1 aromatic carbocycles. The fourth-order valence-electron chi connectivity index (χ4n) is 2.06. The molecule has 1 aliphatic rings. The highest BCUT2D eigenvalue weighted by molar-refractivity contribution is 6.51. The molecule has 0 spiro atoms. The molecule has 0 bridgehead atoms. The van der Waals surface area contributed by atoms with Crippen molar-refractivity contribution in [1.82, 2.24) is 0 Å². The first-order valence-corrected chi connectivity index (χ1v) is 5.41. The molecule has 1 unspecified atom stereocenters. The Morgan fingerprint density at radius 2 is 1.94 bits per heavy atom. The lowest BCUT2D eigenvalue weighted by molar-refractivity contribution is 0.381. The van der Waals surface area contributed by atoms with Crippen LogP contribution in [-0.2, 0) is 0 Å². The lowest BCUT2D eigenvalue weighted by Crippen LogP contribution is -2.33. The smallest absolute Gasteiger partial charge is 0.426 e. The largest absolute Gasteiger partial charge is 0.478 e. The third-order valence-corrected chi connectivity index (χ3v) is 3.04. The van der Waals surface area contributed by atoms with Gasteiger partial charge in [0, 0.05) is 0 Å². The number of rotatable bonds is 2. The Morgan fingerprint density at radius 1 is 1.24 bits per heavy atom. The van der Waals surface area contributed by atoms with Crippen molar-refractivity contribution in [3.8, 4) is 6.07 Å². The van der Waals surface area contributed by atoms with E-state index in [4.69, 9.17) is 0 Å². The van der Waals surface area contributed by atoms with Gasteiger partial charge in [-0.1, -0.05) is 48.6 Å². The van der Waals surface area contributed by atoms with E-state index < -0.39 is 12.4 Å². The van der Waals surface area contributed by atoms with Gasteiger partial charge in [0.25, 0.3) is 0 Å². The standard InChI is InChI=1S/C13H12BNO2/c15-10-13(14(16)17)9-5-4-8-12(13)11-6-2-1-3-7-11/h1-8,16-17H,9H2. The minimum atomic E-state index is -1.69. The van der Waals surface area contributed by atoms with Crippen LogP contribution in [0.25, 0.3) is 5.57 Å². The van der Waals surface area contributed by atoms with Crippen molar-refractivity contribution in [3.05, 3.63) is 54.1 Å². The van der Waals surface area contributed by atoms with E-state index in [9.17, 15) is 15.3 Å². The van der Waals surface area contributed by atoms with Gasteiger partial charge in [0.2, 0.25) is 0 Å². The molecule has 0 heterocycles. The van der Waals surface area contributed by atoms with Crippen molar-refractivity contribution < 1.29 is 10.0 Å². The van der Waals surface area contributed by atoms with Crippen LogP contribution < -0.4 is 0 Å². The van der Waals surface area contributed by atoms with Crippen LogP contribution in [0.3, 0.4) is 0 Å². The van der Waals surface area contributed by atoms with Crippen LogP contribution >= 0.6 is 0 Å². The number of hydrogen-bond acceptors (Lipinski definition) is 3. The number of nitrogens with zero attached hydrogens (tertiary/aromatic N) is 1. The molecular weight excluding hydrogens is 213 g/mol. The van der Waals surface area contributed by atoms with E-state index in [2.05, 4.69) is 0 Å². The SMILES string of the molecule is N#CC1(B(O)O)CC=CC=C1c1ccccc1. The molecule has 1 atom stereocenters. The molecule has 0 amide bonds. The molecule has 4 heteroatoms. The van der Waals surface area contributed by atoms with Gasteiger partial charge >= 0.3 is 7.12 Å². The van der Waals surface area contributed by atoms with Gasteiger partial charge in [0.05, 0.1) is 6.07 Å². The summed E-state index contributed by atoms with van der Waals surface area (Å²) in [5.74, 6) is 0. The Kier molecular flexibility index (Phi) is 3.14. The average molecular weight is 225 g/mol. The van der Waals surface area contributed by atoms with Crippen LogP contribution in [0.2, 0.25) is 5.31 Å². The molecule has 84 valence electrons. The predicted octanol–water partition coefficient (Wildman–Crippen LogP) is 1.77. The number of benzene rings is 1. The first-order valence-electron chi connectivity index (χ1n) is 5.41. The zero-order valence-electron chi connectivity index (χ0n) is 9.24. The van der Waals surface area contributed by atoms with E-state index in [0.717, 1.165) is 5.56 Å². The minimum absolute atomic E-state index is 0.307. The second-order valence-corrected chi connectivity index (χ2v) is 4.04. The lowest BCUT2D eigenvalue weighted by atomic mass is 9.51. The zero-order valence-corrected chi connectivity index (χ0v) is 9.24. The highest BCUT2D eigenvalue weighted by Gasteiger charge is 2.46. The average Bonchev–Trinajstić information content (AvgIpc) is 2.39. The van der Waals surface area contributed by atoms with Gasteiger partial charge < -0.3 is 10.0 Å². The van der Waals surface area contributed by atoms with E-state index in [1.54, 1.807) is 12.2 Å². The Balaban J connectivity index is 2.53. The highest BCUT2D eigenvalue weighted by atomic mass is 16.4. The van der Waals surface area contributed by atoms with Crippen molar-refractivity contribution in [2.45, 2.75) is 11.7 Å². The van der Waals surface area contributed by atoms with Crippen LogP contribution in [0.15, 0.2) is 48.6 Å². The third kappa shape index (κ3) is 1.91. The Bertz CT molecular complexity index is 502. The van der Waals surface area contributed by atoms with Crippen molar-refractivity contribution in [1.29, 1.82) is 5.26 Å². The summed E-state index contributed by atoms with van der Waals surface area (Å²) < 4.78 is 0. The molecular formula is C13H12BNO2. The Hall–Kier alpha value is -1.83. The van der Waals surface area contributed by atoms with Gasteiger partial charge in [-0.2, -0.15) is 5.26 Å². The number of hydrogen-bond donors (Lipinski definition) is 2. The molecule has 3 nitrogen and oxygen atoms in total. The summed E-state index contributed by atoms with van der Waals surface area (Å²) in [6.07, 6.45) is 5.68. The summed E-state index contributed by atoms with van der Waals surface area (Å²) in [5, 5.41) is 27.1. The van der Waals surface area contributed by atoms with Crippen LogP contribution in [0.4, 0.5) is 0 Å². The molecule has 0 aromatic heterocycles. The van der Waals surface area contributed by atoms with Crippen molar-refractivity contribution in [3.63, 3.8) is 0 Å². The van der Waals surface area contributed by atoms with Gasteiger partial charge in [-0.25, -0.2) is 0 Å². The summed E-state index contributed by atoms with van der Waals surface area (Å²) in [4.78, 5) is 0. The quantitative estimate of drug-likeness (QED) is 0.753. The van der Waals surface area contributed by atoms with Gasteiger partial charge in [0.15, 0.2) is 0 Å². The highest BCUT2D eigenvalue weighted by Crippen LogP contribution is 2.47. The molecule has 17 heavy (non-hydrogen) atoms.